The van der Waals surface area contributed by atoms with Gasteiger partial charge in [0, 0.05) is 102 Å². The number of hydrogen-bond donors (Lipinski definition) is 0. The molecule has 0 atom stereocenters. The number of fused-ring (bicyclic) bond motifs is 11. The van der Waals surface area contributed by atoms with Crippen molar-refractivity contribution in [2.75, 3.05) is 0 Å². The van der Waals surface area contributed by atoms with Crippen molar-refractivity contribution < 1.29 is 32.7 Å². The van der Waals surface area contributed by atoms with Crippen LogP contribution in [0.2, 0.25) is 0 Å². The van der Waals surface area contributed by atoms with Gasteiger partial charge in [0.25, 0.3) is 0 Å². The normalized spacial score (nSPS) is 9.43. The van der Waals surface area contributed by atoms with Gasteiger partial charge in [-0.15, -0.1) is 17.2 Å². The molecule has 17 aromatic rings. The quantitative estimate of drug-likeness (QED) is 0.119. The number of aromatic nitrogens is 3. The van der Waals surface area contributed by atoms with Gasteiger partial charge in [-0.05, 0) is 190 Å². The van der Waals surface area contributed by atoms with Crippen molar-refractivity contribution in [2.24, 2.45) is 14.1 Å². The van der Waals surface area contributed by atoms with E-state index >= 15 is 0 Å². The molecule has 0 saturated heterocycles. The first kappa shape index (κ1) is 104. The molecule has 3 nitrogen and oxygen atoms in total. The Morgan fingerprint density at radius 2 is 0.593 bits per heavy atom. The molecule has 0 N–H and O–H groups in total. The summed E-state index contributed by atoms with van der Waals surface area (Å²) in [5, 5.41) is 21.9. The van der Waals surface area contributed by atoms with Gasteiger partial charge in [0.15, 0.2) is 0 Å². The van der Waals surface area contributed by atoms with Gasteiger partial charge in [0.2, 0.25) is 0 Å². The summed E-state index contributed by atoms with van der Waals surface area (Å²) in [5.41, 5.74) is 20.3. The molecular weight excluding hydrogens is 1440 g/mol. The first-order chi connectivity index (χ1) is 54.6. The molecule has 0 bridgehead atoms. The van der Waals surface area contributed by atoms with Crippen LogP contribution in [-0.2, 0) is 46.8 Å². The average Bonchev–Trinajstić information content (AvgIpc) is 1.60. The molecular formula is C109H143N3Y-2. The smallest absolute Gasteiger partial charge is 0.0491 e. The molecule has 0 aliphatic carbocycles. The van der Waals surface area contributed by atoms with E-state index < -0.39 is 0 Å². The van der Waals surface area contributed by atoms with E-state index in [9.17, 15) is 0 Å². The van der Waals surface area contributed by atoms with Crippen molar-refractivity contribution in [3.8, 4) is 11.1 Å². The maximum absolute atomic E-state index is 4.08. The van der Waals surface area contributed by atoms with Gasteiger partial charge in [-0.3, -0.25) is 4.98 Å². The van der Waals surface area contributed by atoms with Crippen molar-refractivity contribution >= 4 is 108 Å². The van der Waals surface area contributed by atoms with Crippen LogP contribution in [0.25, 0.3) is 119 Å². The predicted molar refractivity (Wildman–Crippen MR) is 516 cm³/mol. The Morgan fingerprint density at radius 1 is 0.239 bits per heavy atom. The van der Waals surface area contributed by atoms with Crippen LogP contribution < -0.4 is 0 Å². The SMILES string of the molecule is CC.CC.CC.CC.CC.CC.CC.CC.CC.CC.CC.Cc1c[c-]c(-c2[c-]ccc(C)c2)cc1.Cc1cc2c3ccccc3c(C)cc2c2ccccc12.Cc1ccc(C)nc1.Cc1ccc2c(c1)c1ccccc1n2C.Cc1ccc2c3ccccc3n(C)c2c1.Cc1ccc2ccc3c(C)ccc4ccc1c2c43.[Y]. The summed E-state index contributed by atoms with van der Waals surface area (Å²) in [6, 6.07) is 93.2. The van der Waals surface area contributed by atoms with Crippen LogP contribution in [0.3, 0.4) is 0 Å². The number of benzene rings is 14. The second-order valence-corrected chi connectivity index (χ2v) is 24.5. The van der Waals surface area contributed by atoms with Crippen LogP contribution >= 0.6 is 0 Å². The van der Waals surface area contributed by atoms with Gasteiger partial charge in [-0.2, -0.15) is 42.5 Å². The number of aryl methyl sites for hydroxylation is 12. The number of nitrogens with zero attached hydrogens (tertiary/aromatic N) is 3. The molecule has 0 fully saturated rings. The molecule has 113 heavy (non-hydrogen) atoms. The molecule has 3 heterocycles. The van der Waals surface area contributed by atoms with Gasteiger partial charge in [0.05, 0.1) is 0 Å². The van der Waals surface area contributed by atoms with Crippen LogP contribution in [0.4, 0.5) is 0 Å². The zero-order valence-corrected chi connectivity index (χ0v) is 79.4. The van der Waals surface area contributed by atoms with E-state index in [1.165, 1.54) is 158 Å². The minimum absolute atomic E-state index is 0. The summed E-state index contributed by atoms with van der Waals surface area (Å²) in [6.07, 6.45) is 1.87. The van der Waals surface area contributed by atoms with Gasteiger partial charge in [0.1, 0.15) is 0 Å². The number of hydrogen-bond acceptors (Lipinski definition) is 1. The van der Waals surface area contributed by atoms with Gasteiger partial charge < -0.3 is 9.13 Å². The van der Waals surface area contributed by atoms with Gasteiger partial charge in [-0.1, -0.05) is 342 Å². The Morgan fingerprint density at radius 3 is 1.02 bits per heavy atom. The topological polar surface area (TPSA) is 22.8 Å². The third kappa shape index (κ3) is 27.5. The van der Waals surface area contributed by atoms with Crippen molar-refractivity contribution in [1.82, 2.24) is 14.1 Å². The molecule has 0 unspecified atom stereocenters. The third-order valence-corrected chi connectivity index (χ3v) is 17.8. The minimum atomic E-state index is 0. The molecule has 1 radical (unpaired) electrons. The molecule has 3 aromatic heterocycles. The van der Waals surface area contributed by atoms with Crippen molar-refractivity contribution in [3.63, 3.8) is 0 Å². The summed E-state index contributed by atoms with van der Waals surface area (Å²) in [5.74, 6) is 0. The number of rotatable bonds is 1. The molecule has 4 heteroatoms. The van der Waals surface area contributed by atoms with E-state index in [-0.39, 0.29) is 32.7 Å². The molecule has 14 aromatic carbocycles. The second kappa shape index (κ2) is 56.9. The molecule has 0 aliphatic rings. The van der Waals surface area contributed by atoms with Crippen molar-refractivity contribution in [1.29, 1.82) is 0 Å². The second-order valence-electron chi connectivity index (χ2n) is 24.5. The first-order valence-electron chi connectivity index (χ1n) is 42.3. The molecule has 599 valence electrons. The average molecular weight is 1580 g/mol. The summed E-state index contributed by atoms with van der Waals surface area (Å²) in [4.78, 5) is 4.08. The van der Waals surface area contributed by atoms with Crippen LogP contribution in [0.5, 0.6) is 0 Å². The summed E-state index contributed by atoms with van der Waals surface area (Å²) >= 11 is 0. The van der Waals surface area contributed by atoms with E-state index in [0.717, 1.165) is 16.8 Å². The third-order valence-electron chi connectivity index (χ3n) is 17.8. The monoisotopic (exact) mass is 1580 g/mol. The van der Waals surface area contributed by atoms with E-state index in [1.54, 1.807) is 0 Å². The number of pyridine rings is 1. The zero-order valence-electron chi connectivity index (χ0n) is 76.6. The molecule has 0 aliphatic heterocycles. The van der Waals surface area contributed by atoms with E-state index in [0.29, 0.717) is 0 Å². The van der Waals surface area contributed by atoms with Crippen molar-refractivity contribution in [2.45, 2.75) is 222 Å². The van der Waals surface area contributed by atoms with Crippen LogP contribution in [0.15, 0.2) is 249 Å². The van der Waals surface area contributed by atoms with Crippen LogP contribution in [-0.4, -0.2) is 14.1 Å². The van der Waals surface area contributed by atoms with Gasteiger partial charge >= 0.3 is 0 Å². The fourth-order valence-corrected chi connectivity index (χ4v) is 12.9. The fourth-order valence-electron chi connectivity index (χ4n) is 12.9. The minimum Gasteiger partial charge on any atom is -0.344 e. The Bertz CT molecular complexity index is 5250. The maximum Gasteiger partial charge on any atom is 0.0491 e. The Balaban J connectivity index is 0.00000128. The van der Waals surface area contributed by atoms with E-state index in [2.05, 4.69) is 320 Å². The molecule has 0 amide bonds. The first-order valence-corrected chi connectivity index (χ1v) is 42.3. The maximum atomic E-state index is 4.08. The van der Waals surface area contributed by atoms with Crippen molar-refractivity contribution in [3.05, 3.63) is 317 Å². The largest absolute Gasteiger partial charge is 0.344 e. The Hall–Kier alpha value is -9.25. The Kier molecular flexibility index (Phi) is 52.2. The standard InChI is InChI=1S/C20H16.C18H14.2C14H13N.C14H12.C7H9N.11C2H6.Y/c1-13-11-19-18-10-6-4-8-16(18)14(2)12-20(19)17-9-5-3-7-15(13)17;1-11-3-5-13-8-10-16-12(2)4-6-14-7-9-15(11)17(13)18(14)16;1-10-7-8-14-12(9-10)11-5-3-4-6-13(11)15(14)2;1-10-7-8-12-11-5-3-4-6-13(11)15(2)14(12)9-10;1-11-6-8-13(9-7-11)14-5-3-4-12(2)10-14;1-6-3-4-7(2)8-5-6;11*1-2;/h3-12H,1-2H3;3-10H,1-2H3;2*3-9H,1-2H3;3-4,6-8,10H,1-2H3;3-5H,1-2H3;11*1-2H3;/q;;;;-2;;;;;;;;;;;;;. The fraction of sp³-hybridized carbons (Fsp3) is 0.312. The van der Waals surface area contributed by atoms with E-state index in [1.807, 2.05) is 191 Å². The molecule has 17 rings (SSSR count). The summed E-state index contributed by atoms with van der Waals surface area (Å²) in [7, 11) is 4.25. The van der Waals surface area contributed by atoms with Gasteiger partial charge in [-0.25, -0.2) is 11.1 Å². The van der Waals surface area contributed by atoms with Crippen LogP contribution in [0, 0.1) is 81.4 Å². The predicted octanol–water partition coefficient (Wildman–Crippen LogP) is 34.8. The summed E-state index contributed by atoms with van der Waals surface area (Å²) < 4.78 is 4.52. The molecule has 0 saturated carbocycles. The number of para-hydroxylation sites is 2. The molecule has 0 spiro atoms. The van der Waals surface area contributed by atoms with Crippen LogP contribution in [0.1, 0.15) is 208 Å². The van der Waals surface area contributed by atoms with E-state index in [4.69, 9.17) is 0 Å². The zero-order chi connectivity index (χ0) is 84.7. The Labute approximate surface area is 713 Å². The summed E-state index contributed by atoms with van der Waals surface area (Å²) in [6.45, 7) is 65.3.